The Kier molecular flexibility index (Phi) is 4.68. The van der Waals surface area contributed by atoms with E-state index in [1.54, 1.807) is 37.3 Å². The third-order valence-electron chi connectivity index (χ3n) is 4.79. The zero-order valence-electron chi connectivity index (χ0n) is 15.9. The minimum absolute atomic E-state index is 0.00443. The Labute approximate surface area is 166 Å². The normalized spacial score (nSPS) is 10.9. The molecule has 0 aliphatic carbocycles. The van der Waals surface area contributed by atoms with Gasteiger partial charge in [0.1, 0.15) is 11.6 Å². The van der Waals surface area contributed by atoms with Crippen molar-refractivity contribution in [1.82, 2.24) is 9.55 Å². The second-order valence-corrected chi connectivity index (χ2v) is 6.75. The highest BCUT2D eigenvalue weighted by molar-refractivity contribution is 6.05. The Balaban J connectivity index is 1.78. The maximum absolute atomic E-state index is 14.4. The number of rotatable bonds is 3. The van der Waals surface area contributed by atoms with Gasteiger partial charge in [0.2, 0.25) is 0 Å². The summed E-state index contributed by atoms with van der Waals surface area (Å²) in [6.07, 6.45) is 0. The van der Waals surface area contributed by atoms with Crippen LogP contribution in [0.3, 0.4) is 0 Å². The van der Waals surface area contributed by atoms with Crippen LogP contribution < -0.4 is 10.9 Å². The fraction of sp³-hybridized carbons (Fsp3) is 0.0870. The van der Waals surface area contributed by atoms with Crippen molar-refractivity contribution < 1.29 is 9.18 Å². The Bertz CT molecular complexity index is 1310. The quantitative estimate of drug-likeness (QED) is 0.567. The van der Waals surface area contributed by atoms with Gasteiger partial charge in [-0.25, -0.2) is 9.37 Å². The van der Waals surface area contributed by atoms with Gasteiger partial charge >= 0.3 is 0 Å². The predicted molar refractivity (Wildman–Crippen MR) is 111 cm³/mol. The molecular weight excluding hydrogens is 369 g/mol. The number of benzene rings is 3. The SMILES string of the molecule is Cc1ccccc1C(=O)Nc1cc(-n2c(C)nc3ccccc3c2=O)ccc1F. The molecule has 6 heteroatoms. The minimum Gasteiger partial charge on any atom is -0.319 e. The van der Waals surface area contributed by atoms with E-state index >= 15 is 0 Å². The summed E-state index contributed by atoms with van der Waals surface area (Å²) in [5, 5.41) is 3.07. The number of carbonyl (C=O) groups excluding carboxylic acids is 1. The van der Waals surface area contributed by atoms with Crippen molar-refractivity contribution in [3.8, 4) is 5.69 Å². The summed E-state index contributed by atoms with van der Waals surface area (Å²) in [5.74, 6) is -0.536. The van der Waals surface area contributed by atoms with Crippen LogP contribution in [0.25, 0.3) is 16.6 Å². The average molecular weight is 387 g/mol. The lowest BCUT2D eigenvalue weighted by Gasteiger charge is -2.14. The molecule has 1 heterocycles. The third-order valence-corrected chi connectivity index (χ3v) is 4.79. The lowest BCUT2D eigenvalue weighted by Crippen LogP contribution is -2.22. The molecule has 0 radical (unpaired) electrons. The first-order valence-corrected chi connectivity index (χ1v) is 9.11. The summed E-state index contributed by atoms with van der Waals surface area (Å²) in [6.45, 7) is 3.52. The monoisotopic (exact) mass is 387 g/mol. The van der Waals surface area contributed by atoms with Crippen LogP contribution in [0.2, 0.25) is 0 Å². The number of para-hydroxylation sites is 1. The summed E-state index contributed by atoms with van der Waals surface area (Å²) in [4.78, 5) is 30.0. The topological polar surface area (TPSA) is 64.0 Å². The molecule has 4 aromatic rings. The summed E-state index contributed by atoms with van der Waals surface area (Å²) >= 11 is 0. The lowest BCUT2D eigenvalue weighted by atomic mass is 10.1. The smallest absolute Gasteiger partial charge is 0.265 e. The van der Waals surface area contributed by atoms with E-state index < -0.39 is 11.7 Å². The van der Waals surface area contributed by atoms with Gasteiger partial charge in [0.15, 0.2) is 0 Å². The van der Waals surface area contributed by atoms with Crippen LogP contribution >= 0.6 is 0 Å². The van der Waals surface area contributed by atoms with Crippen LogP contribution in [0.5, 0.6) is 0 Å². The molecule has 29 heavy (non-hydrogen) atoms. The van der Waals surface area contributed by atoms with E-state index in [0.717, 1.165) is 5.56 Å². The van der Waals surface area contributed by atoms with Crippen LogP contribution in [0.1, 0.15) is 21.7 Å². The number of fused-ring (bicyclic) bond motifs is 1. The molecule has 0 aliphatic heterocycles. The molecule has 1 amide bonds. The third kappa shape index (κ3) is 3.40. The van der Waals surface area contributed by atoms with Crippen LogP contribution in [-0.2, 0) is 0 Å². The van der Waals surface area contributed by atoms with Crippen LogP contribution in [0, 0.1) is 19.7 Å². The summed E-state index contributed by atoms with van der Waals surface area (Å²) < 4.78 is 15.8. The summed E-state index contributed by atoms with van der Waals surface area (Å²) in [7, 11) is 0. The molecule has 0 saturated carbocycles. The van der Waals surface area contributed by atoms with Crippen LogP contribution in [0.15, 0.2) is 71.5 Å². The van der Waals surface area contributed by atoms with E-state index in [2.05, 4.69) is 10.3 Å². The van der Waals surface area contributed by atoms with Gasteiger partial charge in [-0.15, -0.1) is 0 Å². The van der Waals surface area contributed by atoms with Crippen molar-refractivity contribution in [2.24, 2.45) is 0 Å². The standard InChI is InChI=1S/C23H18FN3O2/c1-14-7-3-4-8-17(14)22(28)26-21-13-16(11-12-19(21)24)27-15(2)25-20-10-6-5-9-18(20)23(27)29/h3-13H,1-2H3,(H,26,28). The van der Waals surface area contributed by atoms with E-state index in [1.807, 2.05) is 25.1 Å². The van der Waals surface area contributed by atoms with Gasteiger partial charge in [0.25, 0.3) is 11.5 Å². The molecule has 0 atom stereocenters. The van der Waals surface area contributed by atoms with Gasteiger partial charge in [0.05, 0.1) is 22.3 Å². The van der Waals surface area contributed by atoms with Gasteiger partial charge in [0, 0.05) is 5.56 Å². The Morgan fingerprint density at radius 2 is 1.72 bits per heavy atom. The van der Waals surface area contributed by atoms with Gasteiger partial charge in [-0.3, -0.25) is 14.2 Å². The number of nitrogens with one attached hydrogen (secondary N) is 1. The fourth-order valence-corrected chi connectivity index (χ4v) is 3.31. The van der Waals surface area contributed by atoms with Crippen LogP contribution in [0.4, 0.5) is 10.1 Å². The Morgan fingerprint density at radius 1 is 1.00 bits per heavy atom. The van der Waals surface area contributed by atoms with Crippen molar-refractivity contribution in [3.63, 3.8) is 0 Å². The number of amides is 1. The maximum Gasteiger partial charge on any atom is 0.265 e. The number of hydrogen-bond acceptors (Lipinski definition) is 3. The molecule has 0 bridgehead atoms. The number of aryl methyl sites for hydroxylation is 2. The van der Waals surface area contributed by atoms with E-state index in [4.69, 9.17) is 0 Å². The highest BCUT2D eigenvalue weighted by atomic mass is 19.1. The molecule has 0 aliphatic rings. The highest BCUT2D eigenvalue weighted by Gasteiger charge is 2.15. The zero-order chi connectivity index (χ0) is 20.5. The van der Waals surface area contributed by atoms with E-state index in [-0.39, 0.29) is 11.2 Å². The Hall–Kier alpha value is -3.80. The molecule has 0 fully saturated rings. The maximum atomic E-state index is 14.4. The van der Waals surface area contributed by atoms with Crippen molar-refractivity contribution in [2.75, 3.05) is 5.32 Å². The van der Waals surface area contributed by atoms with Gasteiger partial charge in [-0.05, 0) is 55.8 Å². The molecule has 1 N–H and O–H groups in total. The second kappa shape index (κ2) is 7.31. The first kappa shape index (κ1) is 18.6. The van der Waals surface area contributed by atoms with Gasteiger partial charge in [-0.2, -0.15) is 0 Å². The summed E-state index contributed by atoms with van der Waals surface area (Å²) in [5.41, 5.74) is 2.00. The lowest BCUT2D eigenvalue weighted by molar-refractivity contribution is 0.102. The zero-order valence-corrected chi connectivity index (χ0v) is 15.9. The first-order valence-electron chi connectivity index (χ1n) is 9.11. The van der Waals surface area contributed by atoms with E-state index in [9.17, 15) is 14.0 Å². The Morgan fingerprint density at radius 3 is 2.52 bits per heavy atom. The number of halogens is 1. The number of nitrogens with zero attached hydrogens (tertiary/aromatic N) is 2. The fourth-order valence-electron chi connectivity index (χ4n) is 3.31. The van der Waals surface area contributed by atoms with Crippen molar-refractivity contribution in [2.45, 2.75) is 13.8 Å². The van der Waals surface area contributed by atoms with Crippen LogP contribution in [-0.4, -0.2) is 15.5 Å². The molecule has 5 nitrogen and oxygen atoms in total. The molecule has 4 rings (SSSR count). The summed E-state index contributed by atoms with van der Waals surface area (Å²) in [6, 6.07) is 18.3. The van der Waals surface area contributed by atoms with E-state index in [0.29, 0.717) is 28.0 Å². The second-order valence-electron chi connectivity index (χ2n) is 6.75. The molecule has 0 saturated heterocycles. The minimum atomic E-state index is -0.588. The average Bonchev–Trinajstić information content (AvgIpc) is 2.70. The first-order chi connectivity index (χ1) is 14.0. The molecule has 144 valence electrons. The molecule has 0 unspecified atom stereocenters. The predicted octanol–water partition coefficient (Wildman–Crippen LogP) is 4.39. The highest BCUT2D eigenvalue weighted by Crippen LogP contribution is 2.21. The molecule has 1 aromatic heterocycles. The molecular formula is C23H18FN3O2. The number of anilines is 1. The van der Waals surface area contributed by atoms with Crippen molar-refractivity contribution in [1.29, 1.82) is 0 Å². The largest absolute Gasteiger partial charge is 0.319 e. The van der Waals surface area contributed by atoms with Crippen molar-refractivity contribution in [3.05, 3.63) is 99.9 Å². The molecule has 3 aromatic carbocycles. The number of carbonyl (C=O) groups is 1. The van der Waals surface area contributed by atoms with Crippen molar-refractivity contribution >= 4 is 22.5 Å². The number of aromatic nitrogens is 2. The number of hydrogen-bond donors (Lipinski definition) is 1. The van der Waals surface area contributed by atoms with Gasteiger partial charge < -0.3 is 5.32 Å². The van der Waals surface area contributed by atoms with Gasteiger partial charge in [-0.1, -0.05) is 30.3 Å². The molecule has 0 spiro atoms. The van der Waals surface area contributed by atoms with E-state index in [1.165, 1.54) is 22.8 Å².